The highest BCUT2D eigenvalue weighted by Crippen LogP contribution is 2.32. The molecule has 0 aromatic heterocycles. The van der Waals surface area contributed by atoms with Gasteiger partial charge in [-0.25, -0.2) is 0 Å². The Kier molecular flexibility index (Phi) is 7.03. The number of ketones is 1. The van der Waals surface area contributed by atoms with Crippen LogP contribution in [0, 0.1) is 5.92 Å². The topological polar surface area (TPSA) is 94.2 Å². The maximum Gasteiger partial charge on any atom is 0.454 e. The molecule has 0 unspecified atom stereocenters. The van der Waals surface area contributed by atoms with Gasteiger partial charge in [-0.3, -0.25) is 14.4 Å². The first-order chi connectivity index (χ1) is 14.7. The fourth-order valence-corrected chi connectivity index (χ4v) is 3.12. The molecule has 11 heteroatoms. The average molecular weight is 442 g/mol. The second-order valence-electron chi connectivity index (χ2n) is 7.00. The number of benzene rings is 1. The first-order valence-electron chi connectivity index (χ1n) is 9.62. The second kappa shape index (κ2) is 9.71. The van der Waals surface area contributed by atoms with E-state index < -0.39 is 36.4 Å². The van der Waals surface area contributed by atoms with Crippen molar-refractivity contribution < 1.29 is 41.8 Å². The molecule has 1 aromatic rings. The van der Waals surface area contributed by atoms with Crippen LogP contribution in [0.2, 0.25) is 0 Å². The van der Waals surface area contributed by atoms with Gasteiger partial charge in [-0.1, -0.05) is 0 Å². The van der Waals surface area contributed by atoms with Crippen molar-refractivity contribution in [2.75, 3.05) is 38.2 Å². The smallest absolute Gasteiger partial charge is 0.454 e. The minimum Gasteiger partial charge on any atom is -0.486 e. The predicted octanol–water partition coefficient (Wildman–Crippen LogP) is 2.30. The van der Waals surface area contributed by atoms with E-state index in [1.54, 1.807) is 18.2 Å². The molecule has 0 spiro atoms. The van der Waals surface area contributed by atoms with Crippen molar-refractivity contribution >= 4 is 23.3 Å². The molecule has 0 atom stereocenters. The van der Waals surface area contributed by atoms with Crippen LogP contribution in [-0.4, -0.2) is 61.6 Å². The predicted molar refractivity (Wildman–Crippen MR) is 102 cm³/mol. The number of amides is 1. The molecule has 2 heterocycles. The molecular formula is C20H21F3N2O6. The normalized spacial score (nSPS) is 16.8. The van der Waals surface area contributed by atoms with E-state index in [-0.39, 0.29) is 0 Å². The van der Waals surface area contributed by atoms with Crippen LogP contribution in [0.4, 0.5) is 18.9 Å². The standard InChI is InChI=1S/C20H21F3N2O6/c21-20(22,23)17(26)5-8-25-6-3-13(4-7-25)19(28)31-12-18(27)24-14-1-2-15-16(11-14)30-10-9-29-15/h1-2,5,8,11,13H,3-4,6-7,9-10,12H2,(H,24,27)/b8-5+. The van der Waals surface area contributed by atoms with Crippen LogP contribution in [0.25, 0.3) is 0 Å². The molecule has 2 aliphatic rings. The summed E-state index contributed by atoms with van der Waals surface area (Å²) in [4.78, 5) is 36.6. The minimum atomic E-state index is -4.90. The van der Waals surface area contributed by atoms with Crippen LogP contribution < -0.4 is 14.8 Å². The molecule has 1 fully saturated rings. The first-order valence-corrected chi connectivity index (χ1v) is 9.62. The number of hydrogen-bond donors (Lipinski definition) is 1. The first kappa shape index (κ1) is 22.4. The lowest BCUT2D eigenvalue weighted by atomic mass is 9.97. The van der Waals surface area contributed by atoms with E-state index in [9.17, 15) is 27.6 Å². The van der Waals surface area contributed by atoms with Gasteiger partial charge in [0.1, 0.15) is 13.2 Å². The number of anilines is 1. The lowest BCUT2D eigenvalue weighted by molar-refractivity contribution is -0.165. The van der Waals surface area contributed by atoms with Crippen LogP contribution in [0.5, 0.6) is 11.5 Å². The van der Waals surface area contributed by atoms with E-state index in [4.69, 9.17) is 14.2 Å². The van der Waals surface area contributed by atoms with Crippen molar-refractivity contribution in [1.29, 1.82) is 0 Å². The van der Waals surface area contributed by atoms with Crippen LogP contribution >= 0.6 is 0 Å². The summed E-state index contributed by atoms with van der Waals surface area (Å²) < 4.78 is 52.5. The Balaban J connectivity index is 1.40. The van der Waals surface area contributed by atoms with Crippen LogP contribution in [-0.2, 0) is 19.1 Å². The maximum atomic E-state index is 12.2. The van der Waals surface area contributed by atoms with E-state index in [1.165, 1.54) is 4.90 Å². The van der Waals surface area contributed by atoms with E-state index in [1.807, 2.05) is 0 Å². The Morgan fingerprint density at radius 2 is 1.81 bits per heavy atom. The molecular weight excluding hydrogens is 421 g/mol. The zero-order chi connectivity index (χ0) is 22.4. The number of halogens is 3. The molecule has 0 bridgehead atoms. The third-order valence-electron chi connectivity index (χ3n) is 4.75. The van der Waals surface area contributed by atoms with Gasteiger partial charge in [-0.15, -0.1) is 0 Å². The minimum absolute atomic E-state index is 0.296. The molecule has 1 amide bonds. The zero-order valence-corrected chi connectivity index (χ0v) is 16.4. The number of esters is 1. The molecule has 168 valence electrons. The highest BCUT2D eigenvalue weighted by Gasteiger charge is 2.36. The Morgan fingerprint density at radius 3 is 2.48 bits per heavy atom. The van der Waals surface area contributed by atoms with Gasteiger partial charge in [-0.05, 0) is 25.0 Å². The van der Waals surface area contributed by atoms with Crippen molar-refractivity contribution in [3.8, 4) is 11.5 Å². The number of likely N-dealkylation sites (tertiary alicyclic amines) is 1. The van der Waals surface area contributed by atoms with E-state index in [2.05, 4.69) is 5.32 Å². The summed E-state index contributed by atoms with van der Waals surface area (Å²) in [7, 11) is 0. The Bertz CT molecular complexity index is 863. The maximum absolute atomic E-state index is 12.2. The van der Waals surface area contributed by atoms with Gasteiger partial charge in [0.05, 0.1) is 5.92 Å². The number of nitrogens with zero attached hydrogens (tertiary/aromatic N) is 1. The van der Waals surface area contributed by atoms with E-state index in [0.29, 0.717) is 62.4 Å². The molecule has 0 aliphatic carbocycles. The molecule has 1 aromatic carbocycles. The summed E-state index contributed by atoms with van der Waals surface area (Å²) in [5, 5.41) is 2.60. The molecule has 1 saturated heterocycles. The summed E-state index contributed by atoms with van der Waals surface area (Å²) in [6, 6.07) is 4.92. The van der Waals surface area contributed by atoms with Gasteiger partial charge in [-0.2, -0.15) is 13.2 Å². The highest BCUT2D eigenvalue weighted by atomic mass is 19.4. The van der Waals surface area contributed by atoms with Crippen LogP contribution in [0.1, 0.15) is 12.8 Å². The summed E-state index contributed by atoms with van der Waals surface area (Å²) in [6.07, 6.45) is -2.67. The molecule has 1 N–H and O–H groups in total. The molecule has 3 rings (SSSR count). The Morgan fingerprint density at radius 1 is 1.13 bits per heavy atom. The molecule has 0 saturated carbocycles. The third kappa shape index (κ3) is 6.37. The fourth-order valence-electron chi connectivity index (χ4n) is 3.12. The molecule has 8 nitrogen and oxygen atoms in total. The lowest BCUT2D eigenvalue weighted by Gasteiger charge is -2.29. The SMILES string of the molecule is O=C(COC(=O)C1CCN(/C=C/C(=O)C(F)(F)F)CC1)Nc1ccc2c(c1)OCCO2. The number of carbonyl (C=O) groups is 3. The third-order valence-corrected chi connectivity index (χ3v) is 4.75. The lowest BCUT2D eigenvalue weighted by Crippen LogP contribution is -2.35. The Hall–Kier alpha value is -3.24. The van der Waals surface area contributed by atoms with Gasteiger partial charge < -0.3 is 24.4 Å². The van der Waals surface area contributed by atoms with E-state index in [0.717, 1.165) is 6.20 Å². The quantitative estimate of drug-likeness (QED) is 0.534. The number of ether oxygens (including phenoxy) is 3. The number of nitrogens with one attached hydrogen (secondary N) is 1. The largest absolute Gasteiger partial charge is 0.486 e. The zero-order valence-electron chi connectivity index (χ0n) is 16.4. The van der Waals surface area contributed by atoms with Crippen LogP contribution in [0.3, 0.4) is 0 Å². The molecule has 0 radical (unpaired) electrons. The average Bonchev–Trinajstić information content (AvgIpc) is 2.75. The number of fused-ring (bicyclic) bond motifs is 1. The molecule has 31 heavy (non-hydrogen) atoms. The van der Waals surface area contributed by atoms with Gasteiger partial charge in [0.25, 0.3) is 11.7 Å². The van der Waals surface area contributed by atoms with Gasteiger partial charge in [0, 0.05) is 37.1 Å². The van der Waals surface area contributed by atoms with Crippen molar-refractivity contribution in [3.63, 3.8) is 0 Å². The van der Waals surface area contributed by atoms with Crippen molar-refractivity contribution in [3.05, 3.63) is 30.5 Å². The fraction of sp³-hybridized carbons (Fsp3) is 0.450. The monoisotopic (exact) mass is 442 g/mol. The number of hydrogen-bond acceptors (Lipinski definition) is 7. The number of allylic oxidation sites excluding steroid dienone is 1. The number of piperidine rings is 1. The Labute approximate surface area is 175 Å². The summed E-state index contributed by atoms with van der Waals surface area (Å²) in [5.41, 5.74) is 0.471. The van der Waals surface area contributed by atoms with Crippen molar-refractivity contribution in [2.45, 2.75) is 19.0 Å². The molecule has 2 aliphatic heterocycles. The number of rotatable bonds is 6. The van der Waals surface area contributed by atoms with Crippen molar-refractivity contribution in [2.24, 2.45) is 5.92 Å². The summed E-state index contributed by atoms with van der Waals surface area (Å²) in [6.45, 7) is 0.994. The van der Waals surface area contributed by atoms with Gasteiger partial charge in [0.2, 0.25) is 0 Å². The van der Waals surface area contributed by atoms with Crippen LogP contribution in [0.15, 0.2) is 30.5 Å². The van der Waals surface area contributed by atoms with Crippen molar-refractivity contribution in [1.82, 2.24) is 4.90 Å². The van der Waals surface area contributed by atoms with E-state index >= 15 is 0 Å². The summed E-state index contributed by atoms with van der Waals surface area (Å²) >= 11 is 0. The number of carbonyl (C=O) groups excluding carboxylic acids is 3. The number of alkyl halides is 3. The second-order valence-corrected chi connectivity index (χ2v) is 7.00. The highest BCUT2D eigenvalue weighted by molar-refractivity contribution is 5.94. The summed E-state index contributed by atoms with van der Waals surface area (Å²) in [5.74, 6) is -2.37. The van der Waals surface area contributed by atoms with Gasteiger partial charge >= 0.3 is 12.1 Å². The van der Waals surface area contributed by atoms with Gasteiger partial charge in [0.15, 0.2) is 18.1 Å².